The molecule has 1 atom stereocenters. The van der Waals surface area contributed by atoms with Gasteiger partial charge in [-0.2, -0.15) is 0 Å². The fraction of sp³-hybridized carbons (Fsp3) is 0.297. The van der Waals surface area contributed by atoms with Gasteiger partial charge in [-0.3, -0.25) is 13.9 Å². The van der Waals surface area contributed by atoms with Crippen molar-refractivity contribution in [1.29, 1.82) is 0 Å². The number of rotatable bonds is 15. The van der Waals surface area contributed by atoms with E-state index >= 15 is 0 Å². The number of ether oxygens (including phenoxy) is 2. The number of benzene rings is 4. The van der Waals surface area contributed by atoms with E-state index in [4.69, 9.17) is 9.47 Å². The van der Waals surface area contributed by atoms with Crippen molar-refractivity contribution in [2.45, 2.75) is 44.7 Å². The minimum Gasteiger partial charge on any atom is -0.497 e. The lowest BCUT2D eigenvalue weighted by atomic mass is 10.0. The first-order chi connectivity index (χ1) is 22.5. The molecule has 0 heterocycles. The Kier molecular flexibility index (Phi) is 12.0. The molecule has 9 nitrogen and oxygen atoms in total. The monoisotopic (exact) mass is 657 g/mol. The van der Waals surface area contributed by atoms with Crippen molar-refractivity contribution in [3.05, 3.63) is 120 Å². The van der Waals surface area contributed by atoms with Crippen molar-refractivity contribution in [3.8, 4) is 11.5 Å². The summed E-state index contributed by atoms with van der Waals surface area (Å²) in [7, 11) is -1.39. The third-order valence-corrected chi connectivity index (χ3v) is 9.60. The van der Waals surface area contributed by atoms with Gasteiger partial charge in [0.15, 0.2) is 0 Å². The molecule has 248 valence electrons. The molecule has 0 fully saturated rings. The van der Waals surface area contributed by atoms with Gasteiger partial charge in [0, 0.05) is 25.6 Å². The maximum atomic E-state index is 14.7. The average molecular weight is 658 g/mol. The third-order valence-electron chi connectivity index (χ3n) is 7.82. The van der Waals surface area contributed by atoms with E-state index in [1.54, 1.807) is 30.3 Å². The summed E-state index contributed by atoms with van der Waals surface area (Å²) in [5.74, 6) is -0.0737. The second kappa shape index (κ2) is 16.1. The van der Waals surface area contributed by atoms with Gasteiger partial charge in [0.2, 0.25) is 11.8 Å². The van der Waals surface area contributed by atoms with E-state index in [2.05, 4.69) is 5.32 Å². The molecule has 2 amide bonds. The zero-order chi connectivity index (χ0) is 34.0. The van der Waals surface area contributed by atoms with Crippen molar-refractivity contribution in [2.24, 2.45) is 5.92 Å². The van der Waals surface area contributed by atoms with Crippen LogP contribution in [0.3, 0.4) is 0 Å². The molecule has 10 heteroatoms. The summed E-state index contributed by atoms with van der Waals surface area (Å²) in [6, 6.07) is 28.8. The predicted octanol–water partition coefficient (Wildman–Crippen LogP) is 5.62. The molecule has 0 bridgehead atoms. The first kappa shape index (κ1) is 35.0. The minimum absolute atomic E-state index is 0.00126. The van der Waals surface area contributed by atoms with Gasteiger partial charge in [0.1, 0.15) is 24.1 Å². The summed E-state index contributed by atoms with van der Waals surface area (Å²) in [5.41, 5.74) is 2.77. The van der Waals surface area contributed by atoms with Gasteiger partial charge >= 0.3 is 0 Å². The highest BCUT2D eigenvalue weighted by Gasteiger charge is 2.36. The molecule has 0 aliphatic rings. The number of hydrogen-bond acceptors (Lipinski definition) is 6. The number of methoxy groups -OCH3 is 2. The molecule has 4 aromatic rings. The highest BCUT2D eigenvalue weighted by Crippen LogP contribution is 2.36. The SMILES string of the molecule is COc1ccc(OC)c(N(CC(=O)N(Cc2ccccc2C)C(Cc2ccccc2)C(=O)NCC(C)C)S(=O)(=O)c2ccccc2)c1. The molecule has 0 aliphatic heterocycles. The molecule has 1 N–H and O–H groups in total. The summed E-state index contributed by atoms with van der Waals surface area (Å²) in [5, 5.41) is 3.01. The number of carbonyl (C=O) groups excluding carboxylic acids is 2. The van der Waals surface area contributed by atoms with Crippen molar-refractivity contribution < 1.29 is 27.5 Å². The van der Waals surface area contributed by atoms with Gasteiger partial charge in [-0.15, -0.1) is 0 Å². The van der Waals surface area contributed by atoms with Crippen molar-refractivity contribution in [3.63, 3.8) is 0 Å². The van der Waals surface area contributed by atoms with Gasteiger partial charge in [-0.05, 0) is 53.8 Å². The zero-order valence-electron chi connectivity index (χ0n) is 27.6. The van der Waals surface area contributed by atoms with E-state index in [0.29, 0.717) is 12.3 Å². The van der Waals surface area contributed by atoms with E-state index in [1.165, 1.54) is 37.3 Å². The molecule has 4 rings (SSSR count). The fourth-order valence-electron chi connectivity index (χ4n) is 5.17. The largest absolute Gasteiger partial charge is 0.497 e. The van der Waals surface area contributed by atoms with Gasteiger partial charge < -0.3 is 19.7 Å². The summed E-state index contributed by atoms with van der Waals surface area (Å²) in [4.78, 5) is 30.2. The molecule has 4 aromatic carbocycles. The van der Waals surface area contributed by atoms with Crippen LogP contribution in [0.2, 0.25) is 0 Å². The summed E-state index contributed by atoms with van der Waals surface area (Å²) >= 11 is 0. The minimum atomic E-state index is -4.30. The normalized spacial score (nSPS) is 11.9. The smallest absolute Gasteiger partial charge is 0.264 e. The Bertz CT molecular complexity index is 1750. The molecule has 0 spiro atoms. The van der Waals surface area contributed by atoms with Crippen molar-refractivity contribution in [2.75, 3.05) is 31.6 Å². The molecular formula is C37H43N3O6S. The summed E-state index contributed by atoms with van der Waals surface area (Å²) in [6.07, 6.45) is 0.232. The highest BCUT2D eigenvalue weighted by molar-refractivity contribution is 7.92. The Morgan fingerprint density at radius 3 is 2.09 bits per heavy atom. The van der Waals surface area contributed by atoms with Crippen LogP contribution in [0, 0.1) is 12.8 Å². The van der Waals surface area contributed by atoms with Crippen LogP contribution in [0.15, 0.2) is 108 Å². The lowest BCUT2D eigenvalue weighted by Crippen LogP contribution is -2.53. The molecule has 47 heavy (non-hydrogen) atoms. The number of nitrogens with zero attached hydrogens (tertiary/aromatic N) is 2. The van der Waals surface area contributed by atoms with Crippen LogP contribution in [0.1, 0.15) is 30.5 Å². The Morgan fingerprint density at radius 2 is 1.47 bits per heavy atom. The molecule has 0 aromatic heterocycles. The van der Waals surface area contributed by atoms with Gasteiger partial charge in [0.05, 0.1) is 24.8 Å². The molecule has 0 aliphatic carbocycles. The number of carbonyl (C=O) groups is 2. The van der Waals surface area contributed by atoms with E-state index in [1.807, 2.05) is 75.4 Å². The van der Waals surface area contributed by atoms with Crippen LogP contribution in [-0.4, -0.2) is 58.5 Å². The predicted molar refractivity (Wildman–Crippen MR) is 184 cm³/mol. The molecule has 1 unspecified atom stereocenters. The fourth-order valence-corrected chi connectivity index (χ4v) is 6.61. The number of aryl methyl sites for hydroxylation is 1. The Balaban J connectivity index is 1.86. The first-order valence-corrected chi connectivity index (χ1v) is 16.9. The quantitative estimate of drug-likeness (QED) is 0.178. The summed E-state index contributed by atoms with van der Waals surface area (Å²) in [6.45, 7) is 5.84. The lowest BCUT2D eigenvalue weighted by Gasteiger charge is -2.34. The molecular weight excluding hydrogens is 614 g/mol. The van der Waals surface area contributed by atoms with Crippen molar-refractivity contribution >= 4 is 27.5 Å². The van der Waals surface area contributed by atoms with E-state index in [9.17, 15) is 18.0 Å². The second-order valence-corrected chi connectivity index (χ2v) is 13.5. The van der Waals surface area contributed by atoms with E-state index < -0.39 is 28.5 Å². The third kappa shape index (κ3) is 8.92. The van der Waals surface area contributed by atoms with Crippen LogP contribution < -0.4 is 19.1 Å². The van der Waals surface area contributed by atoms with E-state index in [0.717, 1.165) is 21.0 Å². The summed E-state index contributed by atoms with van der Waals surface area (Å²) < 4.78 is 40.7. The lowest BCUT2D eigenvalue weighted by molar-refractivity contribution is -0.140. The highest BCUT2D eigenvalue weighted by atomic mass is 32.2. The van der Waals surface area contributed by atoms with Crippen LogP contribution in [0.5, 0.6) is 11.5 Å². The van der Waals surface area contributed by atoms with Crippen LogP contribution >= 0.6 is 0 Å². The maximum Gasteiger partial charge on any atom is 0.264 e. The number of amides is 2. The van der Waals surface area contributed by atoms with E-state index in [-0.39, 0.29) is 41.1 Å². The number of nitrogens with one attached hydrogen (secondary N) is 1. The Hall–Kier alpha value is -4.83. The van der Waals surface area contributed by atoms with Crippen LogP contribution in [-0.2, 0) is 32.6 Å². The van der Waals surface area contributed by atoms with Crippen LogP contribution in [0.25, 0.3) is 0 Å². The zero-order valence-corrected chi connectivity index (χ0v) is 28.4. The number of anilines is 1. The topological polar surface area (TPSA) is 105 Å². The molecule has 0 radical (unpaired) electrons. The average Bonchev–Trinajstić information content (AvgIpc) is 3.08. The Labute approximate surface area is 278 Å². The van der Waals surface area contributed by atoms with Crippen LogP contribution in [0.4, 0.5) is 5.69 Å². The first-order valence-electron chi connectivity index (χ1n) is 15.5. The molecule has 0 saturated carbocycles. The molecule has 0 saturated heterocycles. The van der Waals surface area contributed by atoms with Gasteiger partial charge in [-0.1, -0.05) is 86.6 Å². The van der Waals surface area contributed by atoms with Gasteiger partial charge in [0.25, 0.3) is 10.0 Å². The number of hydrogen-bond donors (Lipinski definition) is 1. The Morgan fingerprint density at radius 1 is 0.830 bits per heavy atom. The second-order valence-electron chi connectivity index (χ2n) is 11.7. The number of sulfonamides is 1. The maximum absolute atomic E-state index is 14.7. The van der Waals surface area contributed by atoms with Crippen molar-refractivity contribution in [1.82, 2.24) is 10.2 Å². The standard InChI is InChI=1S/C37H43N3O6S/c1-27(2)24-38-37(42)34(22-29-15-8-6-9-16-29)39(25-30-17-13-12-14-28(30)3)36(41)26-40(47(43,44)32-18-10-7-11-19-32)33-23-31(45-4)20-21-35(33)46-5/h6-21,23,27,34H,22,24-26H2,1-5H3,(H,38,42). The van der Waals surface area contributed by atoms with Gasteiger partial charge in [-0.25, -0.2) is 8.42 Å².